The van der Waals surface area contributed by atoms with Gasteiger partial charge in [0, 0.05) is 12.1 Å². The fraction of sp³-hybridized carbons (Fsp3) is 1.00. The Morgan fingerprint density at radius 2 is 1.93 bits per heavy atom. The van der Waals surface area contributed by atoms with E-state index in [1.807, 2.05) is 6.92 Å². The van der Waals surface area contributed by atoms with Crippen molar-refractivity contribution in [3.63, 3.8) is 0 Å². The van der Waals surface area contributed by atoms with Crippen molar-refractivity contribution >= 4 is 0 Å². The Morgan fingerprint density at radius 1 is 1.20 bits per heavy atom. The van der Waals surface area contributed by atoms with Crippen LogP contribution in [0.25, 0.3) is 0 Å². The Labute approximate surface area is 92.8 Å². The molecule has 2 rings (SSSR count). The maximum absolute atomic E-state index is 9.82. The van der Waals surface area contributed by atoms with Gasteiger partial charge in [-0.25, -0.2) is 0 Å². The van der Waals surface area contributed by atoms with Crippen LogP contribution in [0, 0.1) is 0 Å². The van der Waals surface area contributed by atoms with Gasteiger partial charge < -0.3 is 10.4 Å². The Hall–Kier alpha value is -0.120. The lowest BCUT2D eigenvalue weighted by Gasteiger charge is -2.44. The predicted molar refractivity (Wildman–Crippen MR) is 61.9 cm³/mol. The van der Waals surface area contributed by atoms with Crippen LogP contribution in [-0.2, 0) is 0 Å². The van der Waals surface area contributed by atoms with Crippen LogP contribution in [0.4, 0.5) is 0 Å². The molecule has 2 heterocycles. The number of hydrogen-bond acceptors (Lipinski definition) is 3. The van der Waals surface area contributed by atoms with Crippen LogP contribution in [0.1, 0.15) is 39.0 Å². The third-order valence-electron chi connectivity index (χ3n) is 3.93. The molecule has 88 valence electrons. The number of hydrogen-bond donors (Lipinski definition) is 2. The molecule has 0 unspecified atom stereocenters. The maximum atomic E-state index is 9.82. The summed E-state index contributed by atoms with van der Waals surface area (Å²) in [6.45, 7) is 5.44. The molecule has 2 fully saturated rings. The number of aliphatic hydroxyl groups excluding tert-OH is 1. The Kier molecular flexibility index (Phi) is 4.00. The van der Waals surface area contributed by atoms with Crippen LogP contribution in [-0.4, -0.2) is 47.8 Å². The highest BCUT2D eigenvalue weighted by atomic mass is 16.3. The molecule has 2 aliphatic rings. The van der Waals surface area contributed by atoms with E-state index >= 15 is 0 Å². The van der Waals surface area contributed by atoms with Crippen LogP contribution >= 0.6 is 0 Å². The number of nitrogens with zero attached hydrogens (tertiary/aromatic N) is 1. The summed E-state index contributed by atoms with van der Waals surface area (Å²) in [6, 6.07) is 1.13. The molecular formula is C12H24N2O. The summed E-state index contributed by atoms with van der Waals surface area (Å²) in [7, 11) is 0. The molecule has 0 bridgehead atoms. The second-order valence-electron chi connectivity index (χ2n) is 5.02. The monoisotopic (exact) mass is 212 g/mol. The lowest BCUT2D eigenvalue weighted by molar-refractivity contribution is 0.00154. The molecule has 0 aromatic carbocycles. The van der Waals surface area contributed by atoms with Gasteiger partial charge in [0.2, 0.25) is 0 Å². The normalized spacial score (nSPS) is 32.8. The molecule has 0 saturated carbocycles. The first-order valence-corrected chi connectivity index (χ1v) is 6.43. The summed E-state index contributed by atoms with van der Waals surface area (Å²) in [5.74, 6) is 0. The van der Waals surface area contributed by atoms with Crippen LogP contribution in [0.2, 0.25) is 0 Å². The average Bonchev–Trinajstić information content (AvgIpc) is 2.30. The molecule has 3 heteroatoms. The zero-order valence-electron chi connectivity index (χ0n) is 9.78. The first-order chi connectivity index (χ1) is 7.29. The first kappa shape index (κ1) is 11.4. The van der Waals surface area contributed by atoms with E-state index in [0.29, 0.717) is 12.1 Å². The minimum absolute atomic E-state index is 0.166. The Balaban J connectivity index is 1.96. The summed E-state index contributed by atoms with van der Waals surface area (Å²) >= 11 is 0. The van der Waals surface area contributed by atoms with Crippen molar-refractivity contribution in [1.29, 1.82) is 0 Å². The molecule has 15 heavy (non-hydrogen) atoms. The average molecular weight is 212 g/mol. The molecular weight excluding hydrogens is 188 g/mol. The minimum atomic E-state index is -0.166. The van der Waals surface area contributed by atoms with Gasteiger partial charge in [-0.1, -0.05) is 6.42 Å². The summed E-state index contributed by atoms with van der Waals surface area (Å²) in [5, 5.41) is 13.2. The standard InChI is InChI=1S/C12H24N2O/c1-10(15)12-4-2-3-9-14(12)11-5-7-13-8-6-11/h10-13,15H,2-9H2,1H3/t10-,12+/m0/s1. The zero-order chi connectivity index (χ0) is 10.7. The lowest BCUT2D eigenvalue weighted by atomic mass is 9.93. The lowest BCUT2D eigenvalue weighted by Crippen LogP contribution is -2.53. The highest BCUT2D eigenvalue weighted by molar-refractivity contribution is 4.87. The fourth-order valence-electron chi connectivity index (χ4n) is 3.09. The van der Waals surface area contributed by atoms with E-state index in [-0.39, 0.29) is 6.10 Å². The topological polar surface area (TPSA) is 35.5 Å². The van der Waals surface area contributed by atoms with Gasteiger partial charge in [-0.05, 0) is 52.2 Å². The quantitative estimate of drug-likeness (QED) is 0.716. The van der Waals surface area contributed by atoms with Crippen molar-refractivity contribution in [2.45, 2.75) is 57.2 Å². The van der Waals surface area contributed by atoms with Gasteiger partial charge in [0.1, 0.15) is 0 Å². The van der Waals surface area contributed by atoms with E-state index < -0.39 is 0 Å². The second-order valence-corrected chi connectivity index (χ2v) is 5.02. The highest BCUT2D eigenvalue weighted by Gasteiger charge is 2.31. The van der Waals surface area contributed by atoms with Crippen molar-refractivity contribution < 1.29 is 5.11 Å². The van der Waals surface area contributed by atoms with E-state index in [1.165, 1.54) is 38.6 Å². The molecule has 2 atom stereocenters. The number of aliphatic hydroxyl groups is 1. The second kappa shape index (κ2) is 5.28. The minimum Gasteiger partial charge on any atom is -0.392 e. The smallest absolute Gasteiger partial charge is 0.0667 e. The van der Waals surface area contributed by atoms with Gasteiger partial charge in [-0.2, -0.15) is 0 Å². The summed E-state index contributed by atoms with van der Waals surface area (Å²) < 4.78 is 0. The number of likely N-dealkylation sites (tertiary alicyclic amines) is 1. The number of nitrogens with one attached hydrogen (secondary N) is 1. The van der Waals surface area contributed by atoms with Crippen molar-refractivity contribution in [2.24, 2.45) is 0 Å². The Bertz CT molecular complexity index is 190. The maximum Gasteiger partial charge on any atom is 0.0667 e. The largest absolute Gasteiger partial charge is 0.392 e. The summed E-state index contributed by atoms with van der Waals surface area (Å²) in [5.41, 5.74) is 0. The van der Waals surface area contributed by atoms with Crippen LogP contribution in [0.5, 0.6) is 0 Å². The fourth-order valence-corrected chi connectivity index (χ4v) is 3.09. The molecule has 3 nitrogen and oxygen atoms in total. The van der Waals surface area contributed by atoms with Gasteiger partial charge in [0.05, 0.1) is 6.10 Å². The molecule has 0 radical (unpaired) electrons. The van der Waals surface area contributed by atoms with Gasteiger partial charge in [-0.15, -0.1) is 0 Å². The summed E-state index contributed by atoms with van der Waals surface area (Å²) in [6.07, 6.45) is 6.12. The molecule has 2 N–H and O–H groups in total. The molecule has 0 aromatic rings. The van der Waals surface area contributed by atoms with E-state index in [0.717, 1.165) is 13.1 Å². The van der Waals surface area contributed by atoms with Crippen molar-refractivity contribution in [2.75, 3.05) is 19.6 Å². The van der Waals surface area contributed by atoms with Crippen LogP contribution < -0.4 is 5.32 Å². The van der Waals surface area contributed by atoms with E-state index in [9.17, 15) is 5.11 Å². The number of piperidine rings is 2. The molecule has 0 aliphatic carbocycles. The predicted octanol–water partition coefficient (Wildman–Crippen LogP) is 0.974. The Morgan fingerprint density at radius 3 is 2.60 bits per heavy atom. The van der Waals surface area contributed by atoms with Crippen molar-refractivity contribution in [3.8, 4) is 0 Å². The van der Waals surface area contributed by atoms with Gasteiger partial charge in [0.15, 0.2) is 0 Å². The van der Waals surface area contributed by atoms with E-state index in [2.05, 4.69) is 10.2 Å². The number of rotatable bonds is 2. The molecule has 0 spiro atoms. The van der Waals surface area contributed by atoms with Crippen molar-refractivity contribution in [1.82, 2.24) is 10.2 Å². The zero-order valence-corrected chi connectivity index (χ0v) is 9.78. The van der Waals surface area contributed by atoms with Crippen LogP contribution in [0.15, 0.2) is 0 Å². The van der Waals surface area contributed by atoms with Crippen molar-refractivity contribution in [3.05, 3.63) is 0 Å². The highest BCUT2D eigenvalue weighted by Crippen LogP contribution is 2.25. The summed E-state index contributed by atoms with van der Waals surface area (Å²) in [4.78, 5) is 2.58. The molecule has 0 aromatic heterocycles. The molecule has 2 saturated heterocycles. The third kappa shape index (κ3) is 2.71. The van der Waals surface area contributed by atoms with Crippen LogP contribution in [0.3, 0.4) is 0 Å². The van der Waals surface area contributed by atoms with E-state index in [1.54, 1.807) is 0 Å². The van der Waals surface area contributed by atoms with Gasteiger partial charge in [-0.3, -0.25) is 4.90 Å². The van der Waals surface area contributed by atoms with Gasteiger partial charge in [0.25, 0.3) is 0 Å². The van der Waals surface area contributed by atoms with E-state index in [4.69, 9.17) is 0 Å². The molecule has 0 amide bonds. The SMILES string of the molecule is C[C@H](O)[C@H]1CCCCN1C1CCNCC1. The molecule has 2 aliphatic heterocycles. The first-order valence-electron chi connectivity index (χ1n) is 6.43. The third-order valence-corrected chi connectivity index (χ3v) is 3.93. The van der Waals surface area contributed by atoms with Gasteiger partial charge >= 0.3 is 0 Å².